The lowest BCUT2D eigenvalue weighted by atomic mass is 10.2. The zero-order valence-corrected chi connectivity index (χ0v) is 19.0. The lowest BCUT2D eigenvalue weighted by Gasteiger charge is -2.03. The van der Waals surface area contributed by atoms with Crippen LogP contribution in [0.4, 0.5) is 0 Å². The Morgan fingerprint density at radius 1 is 1.06 bits per heavy atom. The number of Topliss-reactive ketones (excluding diaryl/α,β-unsaturated/α-hetero) is 1. The molecule has 6 aromatic heterocycles. The van der Waals surface area contributed by atoms with Crippen LogP contribution >= 0.6 is 11.3 Å². The molecule has 0 unspecified atom stereocenters. The largest absolute Gasteiger partial charge is 0.353 e. The Hall–Kier alpha value is -4.11. The molecule has 0 saturated carbocycles. The van der Waals surface area contributed by atoms with Gasteiger partial charge >= 0.3 is 0 Å². The molecule has 8 nitrogen and oxygen atoms in total. The molecule has 0 amide bonds. The molecule has 33 heavy (non-hydrogen) atoms. The van der Waals surface area contributed by atoms with Crippen LogP contribution in [0.1, 0.15) is 22.4 Å². The summed E-state index contributed by atoms with van der Waals surface area (Å²) in [4.78, 5) is 30.8. The molecule has 0 saturated heterocycles. The number of thiophene rings is 1. The van der Waals surface area contributed by atoms with E-state index in [2.05, 4.69) is 25.1 Å². The van der Waals surface area contributed by atoms with Crippen molar-refractivity contribution < 1.29 is 4.79 Å². The zero-order chi connectivity index (χ0) is 22.7. The average Bonchev–Trinajstić information content (AvgIpc) is 3.59. The Bertz CT molecular complexity index is 1680. The minimum atomic E-state index is 0.0571. The summed E-state index contributed by atoms with van der Waals surface area (Å²) in [5, 5.41) is 8.61. The molecule has 0 atom stereocenters. The Kier molecular flexibility index (Phi) is 4.27. The average molecular weight is 454 g/mol. The molecule has 0 aromatic carbocycles. The molecule has 0 fully saturated rings. The van der Waals surface area contributed by atoms with Crippen molar-refractivity contribution >= 4 is 39.1 Å². The Balaban J connectivity index is 1.49. The van der Waals surface area contributed by atoms with Crippen LogP contribution in [-0.2, 0) is 7.05 Å². The van der Waals surface area contributed by atoms with Crippen LogP contribution in [0.2, 0.25) is 0 Å². The lowest BCUT2D eigenvalue weighted by Crippen LogP contribution is -1.96. The molecule has 6 heterocycles. The van der Waals surface area contributed by atoms with E-state index < -0.39 is 0 Å². The van der Waals surface area contributed by atoms with Crippen molar-refractivity contribution in [1.29, 1.82) is 0 Å². The summed E-state index contributed by atoms with van der Waals surface area (Å²) in [5.41, 5.74) is 6.79. The highest BCUT2D eigenvalue weighted by Gasteiger charge is 2.17. The van der Waals surface area contributed by atoms with Crippen LogP contribution in [0.15, 0.2) is 48.8 Å². The number of aromatic nitrogens is 7. The first kappa shape index (κ1) is 19.6. The van der Waals surface area contributed by atoms with Gasteiger partial charge in [0.1, 0.15) is 17.0 Å². The second-order valence-electron chi connectivity index (χ2n) is 7.94. The van der Waals surface area contributed by atoms with Crippen molar-refractivity contribution in [3.05, 3.63) is 59.5 Å². The van der Waals surface area contributed by atoms with Gasteiger partial charge in [-0.2, -0.15) is 5.10 Å². The SMILES string of the molecule is CC(=O)c1ccc(-c2nccc3[nH]c(-c4n[nH]c5ccc(-c6cnc(C)n6C)nc45)cc23)s1. The number of fused-ring (bicyclic) bond motifs is 2. The van der Waals surface area contributed by atoms with Gasteiger partial charge in [0.05, 0.1) is 44.2 Å². The smallest absolute Gasteiger partial charge is 0.169 e. The molecule has 6 aromatic rings. The van der Waals surface area contributed by atoms with E-state index >= 15 is 0 Å². The molecule has 0 aliphatic carbocycles. The number of ketones is 1. The topological polar surface area (TPSA) is 105 Å². The lowest BCUT2D eigenvalue weighted by molar-refractivity contribution is 0.102. The molecule has 2 N–H and O–H groups in total. The molecule has 0 radical (unpaired) electrons. The third-order valence-corrected chi connectivity index (χ3v) is 7.07. The number of aromatic amines is 2. The molecule has 0 aliphatic heterocycles. The zero-order valence-electron chi connectivity index (χ0n) is 18.2. The second kappa shape index (κ2) is 7.21. The van der Waals surface area contributed by atoms with Gasteiger partial charge in [-0.25, -0.2) is 9.97 Å². The number of pyridine rings is 2. The van der Waals surface area contributed by atoms with Crippen molar-refractivity contribution in [2.24, 2.45) is 7.05 Å². The molecule has 162 valence electrons. The van der Waals surface area contributed by atoms with Gasteiger partial charge in [0.25, 0.3) is 0 Å². The molecule has 0 aliphatic rings. The van der Waals surface area contributed by atoms with Crippen LogP contribution in [0.25, 0.3) is 55.3 Å². The minimum Gasteiger partial charge on any atom is -0.353 e. The number of hydrogen-bond donors (Lipinski definition) is 2. The number of aryl methyl sites for hydroxylation is 1. The third-order valence-electron chi connectivity index (χ3n) is 5.88. The van der Waals surface area contributed by atoms with E-state index in [9.17, 15) is 4.79 Å². The first-order valence-corrected chi connectivity index (χ1v) is 11.2. The van der Waals surface area contributed by atoms with Crippen molar-refractivity contribution in [3.63, 3.8) is 0 Å². The van der Waals surface area contributed by atoms with Gasteiger partial charge in [-0.05, 0) is 50.2 Å². The standard InChI is InChI=1S/C24H19N7OS/c1-12(32)20-6-7-21(33-20)22-14-10-18(27-15(14)8-9-25-22)24-23-17(29-30-24)5-4-16(28-23)19-11-26-13(2)31(19)3/h4-11,27H,1-3H3,(H,29,30). The predicted octanol–water partition coefficient (Wildman–Crippen LogP) is 5.14. The van der Waals surface area contributed by atoms with Gasteiger partial charge in [0.2, 0.25) is 0 Å². The van der Waals surface area contributed by atoms with Crippen molar-refractivity contribution in [1.82, 2.24) is 34.7 Å². The molecular weight excluding hydrogens is 434 g/mol. The maximum atomic E-state index is 11.7. The van der Waals surface area contributed by atoms with E-state index in [0.29, 0.717) is 0 Å². The first-order valence-electron chi connectivity index (χ1n) is 10.4. The fourth-order valence-corrected chi connectivity index (χ4v) is 4.91. The number of carbonyl (C=O) groups excluding carboxylic acids is 1. The summed E-state index contributed by atoms with van der Waals surface area (Å²) in [6, 6.07) is 11.7. The molecule has 6 rings (SSSR count). The number of rotatable bonds is 4. The maximum Gasteiger partial charge on any atom is 0.169 e. The highest BCUT2D eigenvalue weighted by atomic mass is 32.1. The van der Waals surface area contributed by atoms with E-state index in [1.54, 1.807) is 13.1 Å². The summed E-state index contributed by atoms with van der Waals surface area (Å²) in [5.74, 6) is 0.984. The van der Waals surface area contributed by atoms with E-state index in [0.717, 1.165) is 66.0 Å². The highest BCUT2D eigenvalue weighted by molar-refractivity contribution is 7.17. The fraction of sp³-hybridized carbons (Fsp3) is 0.125. The fourth-order valence-electron chi connectivity index (χ4n) is 4.00. The van der Waals surface area contributed by atoms with Crippen molar-refractivity contribution in [2.45, 2.75) is 13.8 Å². The van der Waals surface area contributed by atoms with E-state index in [1.165, 1.54) is 11.3 Å². The van der Waals surface area contributed by atoms with Crippen LogP contribution in [0.3, 0.4) is 0 Å². The molecule has 0 spiro atoms. The van der Waals surface area contributed by atoms with Gasteiger partial charge < -0.3 is 9.55 Å². The number of H-pyrrole nitrogens is 2. The molecular formula is C24H19N7OS. The summed E-state index contributed by atoms with van der Waals surface area (Å²) < 4.78 is 2.02. The number of hydrogen-bond acceptors (Lipinski definition) is 6. The quantitative estimate of drug-likeness (QED) is 0.360. The highest BCUT2D eigenvalue weighted by Crippen LogP contribution is 2.35. The van der Waals surface area contributed by atoms with Crippen molar-refractivity contribution in [3.8, 4) is 33.3 Å². The normalized spacial score (nSPS) is 11.6. The summed E-state index contributed by atoms with van der Waals surface area (Å²) >= 11 is 1.45. The Morgan fingerprint density at radius 2 is 1.94 bits per heavy atom. The summed E-state index contributed by atoms with van der Waals surface area (Å²) in [6.45, 7) is 3.54. The van der Waals surface area contributed by atoms with Crippen LogP contribution in [-0.4, -0.2) is 40.5 Å². The summed E-state index contributed by atoms with van der Waals surface area (Å²) in [7, 11) is 1.98. The molecule has 9 heteroatoms. The monoisotopic (exact) mass is 453 g/mol. The van der Waals surface area contributed by atoms with Gasteiger partial charge in [-0.1, -0.05) is 0 Å². The van der Waals surface area contributed by atoms with Crippen LogP contribution < -0.4 is 0 Å². The molecule has 0 bridgehead atoms. The third kappa shape index (κ3) is 3.08. The van der Waals surface area contributed by atoms with Gasteiger partial charge in [0, 0.05) is 24.1 Å². The second-order valence-corrected chi connectivity index (χ2v) is 9.02. The van der Waals surface area contributed by atoms with Crippen LogP contribution in [0.5, 0.6) is 0 Å². The van der Waals surface area contributed by atoms with Crippen LogP contribution in [0, 0.1) is 6.92 Å². The van der Waals surface area contributed by atoms with Gasteiger partial charge in [0.15, 0.2) is 5.78 Å². The number of imidazole rings is 1. The number of nitrogens with zero attached hydrogens (tertiary/aromatic N) is 5. The van der Waals surface area contributed by atoms with Gasteiger partial charge in [-0.15, -0.1) is 11.3 Å². The Morgan fingerprint density at radius 3 is 2.70 bits per heavy atom. The Labute approximate surface area is 192 Å². The first-order chi connectivity index (χ1) is 16.0. The number of nitrogens with one attached hydrogen (secondary N) is 2. The maximum absolute atomic E-state index is 11.7. The van der Waals surface area contributed by atoms with Crippen molar-refractivity contribution in [2.75, 3.05) is 0 Å². The van der Waals surface area contributed by atoms with E-state index in [4.69, 9.17) is 4.98 Å². The summed E-state index contributed by atoms with van der Waals surface area (Å²) in [6.07, 6.45) is 3.61. The van der Waals surface area contributed by atoms with E-state index in [1.807, 2.05) is 61.1 Å². The number of carbonyl (C=O) groups is 1. The predicted molar refractivity (Wildman–Crippen MR) is 129 cm³/mol. The minimum absolute atomic E-state index is 0.0571. The van der Waals surface area contributed by atoms with Gasteiger partial charge in [-0.3, -0.25) is 14.9 Å². The van der Waals surface area contributed by atoms with E-state index in [-0.39, 0.29) is 5.78 Å².